The topological polar surface area (TPSA) is 52.4 Å². The molecule has 0 aliphatic rings. The molecule has 1 unspecified atom stereocenters. The molecule has 1 aromatic rings. The maximum atomic E-state index is 10.3. The molecule has 4 nitrogen and oxygen atoms in total. The molecule has 1 aromatic carbocycles. The van der Waals surface area contributed by atoms with Crippen molar-refractivity contribution < 1.29 is 9.21 Å². The lowest BCUT2D eigenvalue weighted by Crippen LogP contribution is -2.09. The molecule has 0 heterocycles. The molecule has 12 heavy (non-hydrogen) atoms. The Labute approximate surface area is 74.0 Å². The van der Waals surface area contributed by atoms with Crippen molar-refractivity contribution in [1.29, 1.82) is 0 Å². The van der Waals surface area contributed by atoms with Gasteiger partial charge in [-0.25, -0.2) is 4.29 Å². The summed E-state index contributed by atoms with van der Waals surface area (Å²) in [6.07, 6.45) is -1.28. The van der Waals surface area contributed by atoms with Gasteiger partial charge in [-0.15, -0.1) is 0 Å². The van der Waals surface area contributed by atoms with Gasteiger partial charge < -0.3 is 0 Å². The highest BCUT2D eigenvalue weighted by Crippen LogP contribution is 2.18. The van der Waals surface area contributed by atoms with Crippen molar-refractivity contribution in [2.45, 2.75) is 6.23 Å². The molecule has 0 bridgehead atoms. The zero-order valence-electron chi connectivity index (χ0n) is 6.01. The largest absolute Gasteiger partial charge is 0.357 e. The molecular weight excluding hydrogens is 182 g/mol. The van der Waals surface area contributed by atoms with Crippen LogP contribution in [-0.2, 0) is 4.29 Å². The van der Waals surface area contributed by atoms with Crippen molar-refractivity contribution in [3.63, 3.8) is 0 Å². The summed E-state index contributed by atoms with van der Waals surface area (Å²) in [5.74, 6) is 0. The first kappa shape index (κ1) is 8.96. The van der Waals surface area contributed by atoms with Crippen LogP contribution in [0.25, 0.3) is 0 Å². The quantitative estimate of drug-likeness (QED) is 0.414. The smallest absolute Gasteiger partial charge is 0.261 e. The first-order valence-corrected chi connectivity index (χ1v) is 3.52. The third-order valence-electron chi connectivity index (χ3n) is 1.36. The van der Waals surface area contributed by atoms with E-state index in [0.29, 0.717) is 5.56 Å². The standard InChI is InChI=1S/C7H6ClNO3/c8-12-7(9(10)11)6-4-2-1-3-5-6/h1-5,7H. The summed E-state index contributed by atoms with van der Waals surface area (Å²) in [6.45, 7) is 0. The molecule has 64 valence electrons. The van der Waals surface area contributed by atoms with Gasteiger partial charge in [-0.3, -0.25) is 10.1 Å². The highest BCUT2D eigenvalue weighted by Gasteiger charge is 2.22. The Balaban J connectivity index is 2.88. The minimum atomic E-state index is -1.28. The summed E-state index contributed by atoms with van der Waals surface area (Å²) in [7, 11) is 0. The van der Waals surface area contributed by atoms with E-state index < -0.39 is 11.2 Å². The Morgan fingerprint density at radius 2 is 2.00 bits per heavy atom. The van der Waals surface area contributed by atoms with Gasteiger partial charge in [0, 0.05) is 0 Å². The van der Waals surface area contributed by atoms with Crippen LogP contribution in [0.5, 0.6) is 0 Å². The number of nitrogens with zero attached hydrogens (tertiary/aromatic N) is 1. The summed E-state index contributed by atoms with van der Waals surface area (Å²) in [4.78, 5) is 9.73. The zero-order chi connectivity index (χ0) is 8.97. The molecule has 0 aliphatic heterocycles. The third kappa shape index (κ3) is 1.93. The van der Waals surface area contributed by atoms with Crippen LogP contribution in [0.1, 0.15) is 11.8 Å². The fourth-order valence-corrected chi connectivity index (χ4v) is 0.991. The lowest BCUT2D eigenvalue weighted by molar-refractivity contribution is -0.571. The van der Waals surface area contributed by atoms with E-state index in [-0.39, 0.29) is 0 Å². The molecular formula is C7H6ClNO3. The maximum absolute atomic E-state index is 10.3. The molecule has 1 rings (SSSR count). The van der Waals surface area contributed by atoms with Gasteiger partial charge >= 0.3 is 6.23 Å². The summed E-state index contributed by atoms with van der Waals surface area (Å²) < 4.78 is 4.17. The minimum absolute atomic E-state index is 0.428. The van der Waals surface area contributed by atoms with Crippen LogP contribution in [0, 0.1) is 10.1 Å². The first-order valence-electron chi connectivity index (χ1n) is 3.21. The number of halogens is 1. The van der Waals surface area contributed by atoms with Crippen LogP contribution in [-0.4, -0.2) is 4.92 Å². The summed E-state index contributed by atoms with van der Waals surface area (Å²) in [6, 6.07) is 8.28. The Hall–Kier alpha value is -1.13. The van der Waals surface area contributed by atoms with Gasteiger partial charge in [0.15, 0.2) is 0 Å². The molecule has 0 N–H and O–H groups in total. The van der Waals surface area contributed by atoms with Crippen molar-refractivity contribution in [2.24, 2.45) is 0 Å². The molecule has 0 saturated heterocycles. The molecule has 0 saturated carbocycles. The summed E-state index contributed by atoms with van der Waals surface area (Å²) in [5, 5.41) is 10.3. The fraction of sp³-hybridized carbons (Fsp3) is 0.143. The van der Waals surface area contributed by atoms with Crippen LogP contribution in [0.15, 0.2) is 30.3 Å². The predicted octanol–water partition coefficient (Wildman–Crippen LogP) is 2.13. The van der Waals surface area contributed by atoms with Crippen molar-refractivity contribution in [2.75, 3.05) is 0 Å². The molecule has 0 amide bonds. The van der Waals surface area contributed by atoms with Crippen LogP contribution >= 0.6 is 11.9 Å². The highest BCUT2D eigenvalue weighted by molar-refractivity contribution is 6.07. The number of hydrogen-bond donors (Lipinski definition) is 0. The van der Waals surface area contributed by atoms with Gasteiger partial charge in [-0.2, -0.15) is 0 Å². The Kier molecular flexibility index (Phi) is 3.01. The normalized spacial score (nSPS) is 12.4. The number of benzene rings is 1. The third-order valence-corrected chi connectivity index (χ3v) is 1.53. The number of nitro groups is 1. The van der Waals surface area contributed by atoms with Crippen molar-refractivity contribution >= 4 is 11.9 Å². The van der Waals surface area contributed by atoms with Gasteiger partial charge in [0.1, 0.15) is 0 Å². The fourth-order valence-electron chi connectivity index (χ4n) is 0.823. The van der Waals surface area contributed by atoms with Crippen molar-refractivity contribution in [3.05, 3.63) is 46.0 Å². The molecule has 0 radical (unpaired) electrons. The van der Waals surface area contributed by atoms with Gasteiger partial charge in [-0.1, -0.05) is 18.2 Å². The first-order chi connectivity index (χ1) is 5.75. The maximum Gasteiger partial charge on any atom is 0.357 e. The highest BCUT2D eigenvalue weighted by atomic mass is 35.5. The lowest BCUT2D eigenvalue weighted by Gasteiger charge is -2.03. The second-order valence-corrected chi connectivity index (χ2v) is 2.32. The molecule has 0 fully saturated rings. The van der Waals surface area contributed by atoms with E-state index in [0.717, 1.165) is 0 Å². The Morgan fingerprint density at radius 3 is 2.42 bits per heavy atom. The Morgan fingerprint density at radius 1 is 1.42 bits per heavy atom. The van der Waals surface area contributed by atoms with Gasteiger partial charge in [0.25, 0.3) is 0 Å². The summed E-state index contributed by atoms with van der Waals surface area (Å²) >= 11 is 4.96. The van der Waals surface area contributed by atoms with Crippen LogP contribution in [0.3, 0.4) is 0 Å². The predicted molar refractivity (Wildman–Crippen MR) is 43.1 cm³/mol. The number of rotatable bonds is 3. The Bertz CT molecular complexity index is 265. The van der Waals surface area contributed by atoms with E-state index in [1.807, 2.05) is 0 Å². The van der Waals surface area contributed by atoms with Crippen molar-refractivity contribution in [1.82, 2.24) is 0 Å². The second kappa shape index (κ2) is 4.04. The molecule has 1 atom stereocenters. The lowest BCUT2D eigenvalue weighted by atomic mass is 10.2. The number of hydrogen-bond acceptors (Lipinski definition) is 3. The SMILES string of the molecule is O=[N+]([O-])C(OCl)c1ccccc1. The zero-order valence-corrected chi connectivity index (χ0v) is 6.77. The van der Waals surface area contributed by atoms with Crippen LogP contribution < -0.4 is 0 Å². The van der Waals surface area contributed by atoms with Crippen molar-refractivity contribution in [3.8, 4) is 0 Å². The van der Waals surface area contributed by atoms with Gasteiger partial charge in [-0.05, 0) is 12.1 Å². The van der Waals surface area contributed by atoms with Gasteiger partial charge in [0.05, 0.1) is 22.4 Å². The van der Waals surface area contributed by atoms with E-state index in [1.165, 1.54) is 0 Å². The average molecular weight is 188 g/mol. The summed E-state index contributed by atoms with van der Waals surface area (Å²) in [5.41, 5.74) is 0.428. The second-order valence-electron chi connectivity index (χ2n) is 2.14. The molecule has 5 heteroatoms. The minimum Gasteiger partial charge on any atom is -0.261 e. The van der Waals surface area contributed by atoms with E-state index in [9.17, 15) is 10.1 Å². The van der Waals surface area contributed by atoms with E-state index in [1.54, 1.807) is 30.3 Å². The van der Waals surface area contributed by atoms with Crippen LogP contribution in [0.2, 0.25) is 0 Å². The average Bonchev–Trinajstić information content (AvgIpc) is 2.07. The van der Waals surface area contributed by atoms with Crippen LogP contribution in [0.4, 0.5) is 0 Å². The van der Waals surface area contributed by atoms with E-state index in [4.69, 9.17) is 11.9 Å². The molecule has 0 aliphatic carbocycles. The van der Waals surface area contributed by atoms with Gasteiger partial charge in [0.2, 0.25) is 0 Å². The van der Waals surface area contributed by atoms with E-state index in [2.05, 4.69) is 4.29 Å². The van der Waals surface area contributed by atoms with E-state index >= 15 is 0 Å². The monoisotopic (exact) mass is 187 g/mol. The molecule has 0 spiro atoms. The molecule has 0 aromatic heterocycles.